The summed E-state index contributed by atoms with van der Waals surface area (Å²) in [5.74, 6) is 0.0220. The van der Waals surface area contributed by atoms with Crippen molar-refractivity contribution in [2.24, 2.45) is 5.73 Å². The smallest absolute Gasteiger partial charge is 0.277 e. The third kappa shape index (κ3) is 3.14. The van der Waals surface area contributed by atoms with Gasteiger partial charge in [0, 0.05) is 5.92 Å². The van der Waals surface area contributed by atoms with Gasteiger partial charge in [-0.3, -0.25) is 14.5 Å². The van der Waals surface area contributed by atoms with E-state index in [9.17, 15) is 9.59 Å². The summed E-state index contributed by atoms with van der Waals surface area (Å²) in [6.07, 6.45) is 1.28. The number of nitrogens with two attached hydrogens (primary N) is 1. The maximum atomic E-state index is 13.6. The molecule has 1 atom stereocenters. The average Bonchev–Trinajstić information content (AvgIpc) is 3.51. The van der Waals surface area contributed by atoms with E-state index in [2.05, 4.69) is 0 Å². The molecule has 0 bridgehead atoms. The number of aromatic nitrogens is 2. The van der Waals surface area contributed by atoms with E-state index >= 15 is 0 Å². The highest BCUT2D eigenvalue weighted by Gasteiger charge is 2.36. The highest BCUT2D eigenvalue weighted by molar-refractivity contribution is 6.07. The molecule has 29 heavy (non-hydrogen) atoms. The first kappa shape index (κ1) is 17.5. The van der Waals surface area contributed by atoms with Gasteiger partial charge in [-0.25, -0.2) is 4.68 Å². The molecule has 146 valence electrons. The molecule has 1 aliphatic heterocycles. The highest BCUT2D eigenvalue weighted by Crippen LogP contribution is 2.40. The first-order valence-electron chi connectivity index (χ1n) is 9.64. The molecule has 0 spiro atoms. The molecule has 1 aromatic heterocycles. The molecule has 2 heterocycles. The maximum Gasteiger partial charge on any atom is 0.277 e. The molecule has 5 rings (SSSR count). The SMILES string of the molecule is NC(=O)C1CN(C(=O)c2cc(C3CC3)nn2-c2ccccc2)c2ccccc2O1. The Morgan fingerprint density at radius 1 is 1.03 bits per heavy atom. The molecular formula is C22H20N4O3. The van der Waals surface area contributed by atoms with E-state index in [0.29, 0.717) is 23.0 Å². The average molecular weight is 388 g/mol. The molecule has 7 nitrogen and oxygen atoms in total. The zero-order valence-electron chi connectivity index (χ0n) is 15.7. The molecular weight excluding hydrogens is 368 g/mol. The van der Waals surface area contributed by atoms with Crippen molar-refractivity contribution in [2.45, 2.75) is 24.9 Å². The van der Waals surface area contributed by atoms with E-state index in [1.165, 1.54) is 0 Å². The summed E-state index contributed by atoms with van der Waals surface area (Å²) in [5, 5.41) is 4.71. The van der Waals surface area contributed by atoms with Gasteiger partial charge in [0.25, 0.3) is 11.8 Å². The van der Waals surface area contributed by atoms with Crippen molar-refractivity contribution in [3.05, 3.63) is 72.1 Å². The largest absolute Gasteiger partial charge is 0.477 e. The molecule has 1 aliphatic carbocycles. The van der Waals surface area contributed by atoms with Gasteiger partial charge >= 0.3 is 0 Å². The highest BCUT2D eigenvalue weighted by atomic mass is 16.5. The van der Waals surface area contributed by atoms with Crippen molar-refractivity contribution in [2.75, 3.05) is 11.4 Å². The molecule has 2 amide bonds. The van der Waals surface area contributed by atoms with Crippen molar-refractivity contribution < 1.29 is 14.3 Å². The van der Waals surface area contributed by atoms with Gasteiger partial charge in [0.2, 0.25) is 0 Å². The minimum atomic E-state index is -0.898. The lowest BCUT2D eigenvalue weighted by atomic mass is 10.1. The predicted octanol–water partition coefficient (Wildman–Crippen LogP) is 2.64. The minimum Gasteiger partial charge on any atom is -0.477 e. The standard InChI is InChI=1S/C22H20N4O3/c23-21(27)20-13-25(17-8-4-5-9-19(17)29-20)22(28)18-12-16(14-10-11-14)24-26(18)15-6-2-1-3-7-15/h1-9,12,14,20H,10-11,13H2,(H2,23,27). The second kappa shape index (κ2) is 6.77. The van der Waals surface area contributed by atoms with Crippen LogP contribution in [0.5, 0.6) is 5.75 Å². The number of rotatable bonds is 4. The van der Waals surface area contributed by atoms with E-state index in [1.807, 2.05) is 42.5 Å². The Morgan fingerprint density at radius 3 is 2.48 bits per heavy atom. The summed E-state index contributed by atoms with van der Waals surface area (Å²) in [5.41, 5.74) is 8.29. The van der Waals surface area contributed by atoms with Crippen LogP contribution in [0.4, 0.5) is 5.69 Å². The molecule has 1 unspecified atom stereocenters. The monoisotopic (exact) mass is 388 g/mol. The molecule has 1 saturated carbocycles. The van der Waals surface area contributed by atoms with Crippen LogP contribution in [-0.4, -0.2) is 34.2 Å². The van der Waals surface area contributed by atoms with Crippen molar-refractivity contribution >= 4 is 17.5 Å². The van der Waals surface area contributed by atoms with E-state index in [-0.39, 0.29) is 12.5 Å². The number of fused-ring (bicyclic) bond motifs is 1. The molecule has 2 aliphatic rings. The number of hydrogen-bond donors (Lipinski definition) is 1. The Labute approximate surface area is 167 Å². The summed E-state index contributed by atoms with van der Waals surface area (Å²) in [4.78, 5) is 27.0. The molecule has 2 N–H and O–H groups in total. The normalized spacial score (nSPS) is 18.1. The molecule has 0 radical (unpaired) electrons. The van der Waals surface area contributed by atoms with Crippen molar-refractivity contribution in [3.63, 3.8) is 0 Å². The lowest BCUT2D eigenvalue weighted by Crippen LogP contribution is -2.49. The number of anilines is 1. The topological polar surface area (TPSA) is 90.5 Å². The van der Waals surface area contributed by atoms with Crippen LogP contribution in [0.15, 0.2) is 60.7 Å². The van der Waals surface area contributed by atoms with Gasteiger partial charge in [-0.15, -0.1) is 0 Å². The number of benzene rings is 2. The van der Waals surface area contributed by atoms with Crippen LogP contribution >= 0.6 is 0 Å². The number of hydrogen-bond acceptors (Lipinski definition) is 4. The number of carbonyl (C=O) groups is 2. The molecule has 0 saturated heterocycles. The fourth-order valence-corrected chi connectivity index (χ4v) is 3.61. The summed E-state index contributed by atoms with van der Waals surface area (Å²) in [6, 6.07) is 18.6. The summed E-state index contributed by atoms with van der Waals surface area (Å²) in [6.45, 7) is 0.0594. The van der Waals surface area contributed by atoms with Crippen LogP contribution in [0.25, 0.3) is 5.69 Å². The van der Waals surface area contributed by atoms with Gasteiger partial charge in [0.1, 0.15) is 11.4 Å². The van der Waals surface area contributed by atoms with Crippen LogP contribution in [0.2, 0.25) is 0 Å². The van der Waals surface area contributed by atoms with E-state index < -0.39 is 12.0 Å². The molecule has 1 fully saturated rings. The quantitative estimate of drug-likeness (QED) is 0.744. The van der Waals surface area contributed by atoms with Crippen LogP contribution < -0.4 is 15.4 Å². The predicted molar refractivity (Wildman–Crippen MR) is 107 cm³/mol. The van der Waals surface area contributed by atoms with Crippen LogP contribution in [0.3, 0.4) is 0 Å². The minimum absolute atomic E-state index is 0.0594. The lowest BCUT2D eigenvalue weighted by Gasteiger charge is -2.33. The first-order valence-corrected chi connectivity index (χ1v) is 9.64. The van der Waals surface area contributed by atoms with Gasteiger partial charge in [-0.2, -0.15) is 5.10 Å². The molecule has 7 heteroatoms. The second-order valence-electron chi connectivity index (χ2n) is 7.37. The fraction of sp³-hybridized carbons (Fsp3) is 0.227. The number of nitrogens with zero attached hydrogens (tertiary/aromatic N) is 3. The Bertz CT molecular complexity index is 1090. The van der Waals surface area contributed by atoms with E-state index in [0.717, 1.165) is 24.2 Å². The summed E-state index contributed by atoms with van der Waals surface area (Å²) >= 11 is 0. The van der Waals surface area contributed by atoms with Gasteiger partial charge in [0.15, 0.2) is 6.10 Å². The van der Waals surface area contributed by atoms with Crippen molar-refractivity contribution in [1.82, 2.24) is 9.78 Å². The van der Waals surface area contributed by atoms with Gasteiger partial charge < -0.3 is 10.5 Å². The van der Waals surface area contributed by atoms with Crippen LogP contribution in [-0.2, 0) is 4.79 Å². The third-order valence-electron chi connectivity index (χ3n) is 5.28. The van der Waals surface area contributed by atoms with Gasteiger partial charge in [-0.1, -0.05) is 30.3 Å². The van der Waals surface area contributed by atoms with E-state index in [1.54, 1.807) is 27.8 Å². The van der Waals surface area contributed by atoms with Gasteiger partial charge in [0.05, 0.1) is 23.6 Å². The number of primary amides is 1. The Morgan fingerprint density at radius 2 is 1.76 bits per heavy atom. The second-order valence-corrected chi connectivity index (χ2v) is 7.37. The summed E-state index contributed by atoms with van der Waals surface area (Å²) < 4.78 is 7.37. The van der Waals surface area contributed by atoms with Crippen LogP contribution in [0.1, 0.15) is 34.9 Å². The molecule has 3 aromatic rings. The molecule has 2 aromatic carbocycles. The van der Waals surface area contributed by atoms with Gasteiger partial charge in [-0.05, 0) is 43.2 Å². The number of para-hydroxylation sites is 3. The zero-order chi connectivity index (χ0) is 20.0. The lowest BCUT2D eigenvalue weighted by molar-refractivity contribution is -0.124. The zero-order valence-corrected chi connectivity index (χ0v) is 15.7. The maximum absolute atomic E-state index is 13.6. The number of carbonyl (C=O) groups excluding carboxylic acids is 2. The van der Waals surface area contributed by atoms with Crippen LogP contribution in [0, 0.1) is 0 Å². The Balaban J connectivity index is 1.59. The fourth-order valence-electron chi connectivity index (χ4n) is 3.61. The third-order valence-corrected chi connectivity index (χ3v) is 5.28. The Hall–Kier alpha value is -3.61. The van der Waals surface area contributed by atoms with E-state index in [4.69, 9.17) is 15.6 Å². The van der Waals surface area contributed by atoms with Crippen molar-refractivity contribution in [1.29, 1.82) is 0 Å². The number of ether oxygens (including phenoxy) is 1. The van der Waals surface area contributed by atoms with Crippen molar-refractivity contribution in [3.8, 4) is 11.4 Å². The first-order chi connectivity index (χ1) is 14.1. The Kier molecular flexibility index (Phi) is 4.08. The summed E-state index contributed by atoms with van der Waals surface area (Å²) in [7, 11) is 0. The number of amides is 2.